The summed E-state index contributed by atoms with van der Waals surface area (Å²) in [4.78, 5) is 0. The van der Waals surface area contributed by atoms with E-state index in [9.17, 15) is 5.11 Å². The Bertz CT molecular complexity index is 390. The molecule has 1 aliphatic heterocycles. The molecule has 2 aliphatic rings. The number of rotatable bonds is 1. The van der Waals surface area contributed by atoms with E-state index in [0.29, 0.717) is 11.2 Å². The van der Waals surface area contributed by atoms with E-state index in [4.69, 9.17) is 0 Å². The zero-order chi connectivity index (χ0) is 11.0. The van der Waals surface area contributed by atoms with Crippen LogP contribution in [0.5, 0.6) is 5.75 Å². The molecule has 1 heterocycles. The summed E-state index contributed by atoms with van der Waals surface area (Å²) in [5.41, 5.74) is 1.71. The molecule has 1 aromatic rings. The number of fused-ring (bicyclic) bond motifs is 1. The number of benzene rings is 1. The molecule has 86 valence electrons. The minimum atomic E-state index is 0.351. The van der Waals surface area contributed by atoms with E-state index in [2.05, 4.69) is 11.4 Å². The molecule has 1 saturated heterocycles. The summed E-state index contributed by atoms with van der Waals surface area (Å²) in [6, 6.07) is 7.93. The van der Waals surface area contributed by atoms with Crippen molar-refractivity contribution < 1.29 is 5.11 Å². The second kappa shape index (κ2) is 3.77. The second-order valence-corrected chi connectivity index (χ2v) is 5.25. The van der Waals surface area contributed by atoms with Gasteiger partial charge >= 0.3 is 0 Å². The Morgan fingerprint density at radius 2 is 2.25 bits per heavy atom. The summed E-state index contributed by atoms with van der Waals surface area (Å²) in [6.07, 6.45) is 5.19. The number of hydrogen-bond acceptors (Lipinski definition) is 2. The lowest BCUT2D eigenvalue weighted by Crippen LogP contribution is -2.44. The third-order valence-electron chi connectivity index (χ3n) is 4.52. The van der Waals surface area contributed by atoms with Gasteiger partial charge in [0, 0.05) is 5.41 Å². The predicted octanol–water partition coefficient (Wildman–Crippen LogP) is 2.42. The number of nitrogens with one attached hydrogen (secondary N) is 1. The van der Waals surface area contributed by atoms with Gasteiger partial charge in [-0.05, 0) is 56.0 Å². The van der Waals surface area contributed by atoms with Crippen LogP contribution in [0.15, 0.2) is 24.3 Å². The third-order valence-corrected chi connectivity index (χ3v) is 4.52. The molecule has 1 aromatic carbocycles. The van der Waals surface area contributed by atoms with Crippen LogP contribution in [0.3, 0.4) is 0 Å². The predicted molar refractivity (Wildman–Crippen MR) is 64.6 cm³/mol. The van der Waals surface area contributed by atoms with E-state index in [1.165, 1.54) is 31.2 Å². The number of aromatic hydroxyl groups is 1. The Morgan fingerprint density at radius 1 is 1.31 bits per heavy atom. The van der Waals surface area contributed by atoms with Crippen molar-refractivity contribution in [1.82, 2.24) is 5.32 Å². The fourth-order valence-electron chi connectivity index (χ4n) is 3.70. The molecule has 2 heteroatoms. The van der Waals surface area contributed by atoms with Gasteiger partial charge in [0.25, 0.3) is 0 Å². The quantitative estimate of drug-likeness (QED) is 0.757. The van der Waals surface area contributed by atoms with Gasteiger partial charge in [-0.3, -0.25) is 0 Å². The average Bonchev–Trinajstić information content (AvgIpc) is 2.73. The number of phenols is 1. The van der Waals surface area contributed by atoms with E-state index >= 15 is 0 Å². The highest BCUT2D eigenvalue weighted by Crippen LogP contribution is 2.49. The first-order valence-corrected chi connectivity index (χ1v) is 6.31. The largest absolute Gasteiger partial charge is 0.508 e. The Kier molecular flexibility index (Phi) is 2.40. The van der Waals surface area contributed by atoms with E-state index in [0.717, 1.165) is 19.0 Å². The Labute approximate surface area is 96.7 Å². The molecule has 1 aliphatic carbocycles. The molecule has 3 rings (SSSR count). The van der Waals surface area contributed by atoms with E-state index in [-0.39, 0.29) is 0 Å². The van der Waals surface area contributed by atoms with E-state index in [1.54, 1.807) is 6.07 Å². The summed E-state index contributed by atoms with van der Waals surface area (Å²) in [5, 5.41) is 13.1. The SMILES string of the molecule is Oc1cccc(C23CCCC2CNCC3)c1. The van der Waals surface area contributed by atoms with Crippen molar-refractivity contribution in [3.05, 3.63) is 29.8 Å². The molecule has 16 heavy (non-hydrogen) atoms. The Hall–Kier alpha value is -1.02. The molecular weight excluding hydrogens is 198 g/mol. The smallest absolute Gasteiger partial charge is 0.115 e. The molecule has 2 nitrogen and oxygen atoms in total. The van der Waals surface area contributed by atoms with Crippen LogP contribution in [0.2, 0.25) is 0 Å². The first-order valence-electron chi connectivity index (χ1n) is 6.31. The van der Waals surface area contributed by atoms with Crippen molar-refractivity contribution in [2.24, 2.45) is 5.92 Å². The molecule has 0 bridgehead atoms. The minimum Gasteiger partial charge on any atom is -0.508 e. The van der Waals surface area contributed by atoms with Crippen LogP contribution in [0.25, 0.3) is 0 Å². The maximum absolute atomic E-state index is 9.64. The molecule has 0 amide bonds. The minimum absolute atomic E-state index is 0.351. The normalized spacial score (nSPS) is 33.6. The lowest BCUT2D eigenvalue weighted by molar-refractivity contribution is 0.237. The molecule has 2 unspecified atom stereocenters. The van der Waals surface area contributed by atoms with Crippen LogP contribution in [0, 0.1) is 5.92 Å². The van der Waals surface area contributed by atoms with Crippen LogP contribution in [0.1, 0.15) is 31.2 Å². The first-order chi connectivity index (χ1) is 7.81. The summed E-state index contributed by atoms with van der Waals surface area (Å²) in [6.45, 7) is 2.27. The molecule has 0 radical (unpaired) electrons. The van der Waals surface area contributed by atoms with Gasteiger partial charge in [-0.25, -0.2) is 0 Å². The fourth-order valence-corrected chi connectivity index (χ4v) is 3.70. The maximum atomic E-state index is 9.64. The summed E-state index contributed by atoms with van der Waals surface area (Å²) in [7, 11) is 0. The monoisotopic (exact) mass is 217 g/mol. The highest BCUT2D eigenvalue weighted by Gasteiger charge is 2.45. The molecule has 2 atom stereocenters. The van der Waals surface area contributed by atoms with Crippen LogP contribution < -0.4 is 5.32 Å². The van der Waals surface area contributed by atoms with E-state index < -0.39 is 0 Å². The highest BCUT2D eigenvalue weighted by molar-refractivity contribution is 5.35. The van der Waals surface area contributed by atoms with Gasteiger partial charge in [0.05, 0.1) is 0 Å². The van der Waals surface area contributed by atoms with Crippen LogP contribution >= 0.6 is 0 Å². The van der Waals surface area contributed by atoms with Crippen molar-refractivity contribution in [2.75, 3.05) is 13.1 Å². The zero-order valence-electron chi connectivity index (χ0n) is 9.58. The van der Waals surface area contributed by atoms with Crippen molar-refractivity contribution in [3.63, 3.8) is 0 Å². The van der Waals surface area contributed by atoms with E-state index in [1.807, 2.05) is 12.1 Å². The van der Waals surface area contributed by atoms with Crippen molar-refractivity contribution >= 4 is 0 Å². The maximum Gasteiger partial charge on any atom is 0.115 e. The molecular formula is C14H19NO. The lowest BCUT2D eigenvalue weighted by atomic mass is 9.68. The first kappa shape index (κ1) is 10.2. The Morgan fingerprint density at radius 3 is 3.12 bits per heavy atom. The van der Waals surface area contributed by atoms with Crippen molar-refractivity contribution in [1.29, 1.82) is 0 Å². The zero-order valence-corrected chi connectivity index (χ0v) is 9.58. The second-order valence-electron chi connectivity index (χ2n) is 5.25. The fraction of sp³-hybridized carbons (Fsp3) is 0.571. The van der Waals surface area contributed by atoms with Gasteiger partial charge < -0.3 is 10.4 Å². The number of hydrogen-bond donors (Lipinski definition) is 2. The molecule has 0 aromatic heterocycles. The van der Waals surface area contributed by atoms with Crippen LogP contribution in [-0.2, 0) is 5.41 Å². The molecule has 1 saturated carbocycles. The van der Waals surface area contributed by atoms with Gasteiger partial charge in [0.2, 0.25) is 0 Å². The summed E-state index contributed by atoms with van der Waals surface area (Å²) < 4.78 is 0. The van der Waals surface area contributed by atoms with Gasteiger partial charge in [-0.1, -0.05) is 18.6 Å². The third kappa shape index (κ3) is 1.44. The van der Waals surface area contributed by atoms with Gasteiger partial charge in [-0.15, -0.1) is 0 Å². The number of phenolic OH excluding ortho intramolecular Hbond substituents is 1. The number of piperidine rings is 1. The standard InChI is InChI=1S/C14H19NO/c16-13-5-1-3-11(9-13)14-6-2-4-12(14)10-15-8-7-14/h1,3,5,9,12,15-16H,2,4,6-8,10H2. The molecule has 2 fully saturated rings. The van der Waals surface area contributed by atoms with Crippen LogP contribution in [-0.4, -0.2) is 18.2 Å². The topological polar surface area (TPSA) is 32.3 Å². The average molecular weight is 217 g/mol. The van der Waals surface area contributed by atoms with Gasteiger partial charge in [-0.2, -0.15) is 0 Å². The lowest BCUT2D eigenvalue weighted by Gasteiger charge is -2.40. The van der Waals surface area contributed by atoms with Gasteiger partial charge in [0.1, 0.15) is 5.75 Å². The molecule has 2 N–H and O–H groups in total. The summed E-state index contributed by atoms with van der Waals surface area (Å²) in [5.74, 6) is 1.18. The van der Waals surface area contributed by atoms with Crippen molar-refractivity contribution in [3.8, 4) is 5.75 Å². The summed E-state index contributed by atoms with van der Waals surface area (Å²) >= 11 is 0. The van der Waals surface area contributed by atoms with Crippen LogP contribution in [0.4, 0.5) is 0 Å². The molecule has 0 spiro atoms. The van der Waals surface area contributed by atoms with Gasteiger partial charge in [0.15, 0.2) is 0 Å². The highest BCUT2D eigenvalue weighted by atomic mass is 16.3. The van der Waals surface area contributed by atoms with Crippen molar-refractivity contribution in [2.45, 2.75) is 31.1 Å². The Balaban J connectivity index is 2.02.